The average molecular weight is 821 g/mol. The number of phenolic OH excluding ortho intramolecular Hbond substituents is 4. The van der Waals surface area contributed by atoms with E-state index in [0.29, 0.717) is 38.5 Å². The largest absolute Gasteiger partial charge is 0.508 e. The van der Waals surface area contributed by atoms with Crippen molar-refractivity contribution in [2.75, 3.05) is 6.61 Å². The van der Waals surface area contributed by atoms with Crippen LogP contribution in [0.3, 0.4) is 0 Å². The number of carbonyl (C=O) groups is 2. The first-order valence-electron chi connectivity index (χ1n) is 18.8. The van der Waals surface area contributed by atoms with Gasteiger partial charge in [-0.2, -0.15) is 0 Å². The van der Waals surface area contributed by atoms with Gasteiger partial charge in [-0.15, -0.1) is 0 Å². The Labute approximate surface area is 335 Å². The summed E-state index contributed by atoms with van der Waals surface area (Å²) < 4.78 is 55.4. The molecule has 312 valence electrons. The van der Waals surface area contributed by atoms with Gasteiger partial charge in [0.25, 0.3) is 0 Å². The topological polar surface area (TPSA) is 223 Å². The summed E-state index contributed by atoms with van der Waals surface area (Å²) in [4.78, 5) is 39.9. The van der Waals surface area contributed by atoms with Gasteiger partial charge < -0.3 is 54.0 Å². The number of aryl methyl sites for hydroxylation is 2. The van der Waals surface area contributed by atoms with Crippen LogP contribution in [0.25, 0.3) is 22.3 Å². The molecule has 0 bridgehead atoms. The molecule has 5 atom stereocenters. The molecule has 59 heavy (non-hydrogen) atoms. The third-order valence-electron chi connectivity index (χ3n) is 9.73. The fourth-order valence-electron chi connectivity index (χ4n) is 6.57. The van der Waals surface area contributed by atoms with E-state index in [4.69, 9.17) is 23.4 Å². The molecule has 0 radical (unpaired) electrons. The van der Waals surface area contributed by atoms with Crippen LogP contribution in [0, 0.1) is 11.6 Å². The normalized spacial score (nSPS) is 19.0. The molecular weight excluding hydrogens is 778 g/mol. The molecule has 2 heterocycles. The lowest BCUT2D eigenvalue weighted by Crippen LogP contribution is -2.61. The van der Waals surface area contributed by atoms with Crippen molar-refractivity contribution in [3.8, 4) is 40.1 Å². The molecule has 5 aromatic rings. The summed E-state index contributed by atoms with van der Waals surface area (Å²) in [7, 11) is 0. The zero-order chi connectivity index (χ0) is 42.2. The molecule has 14 nitrogen and oxygen atoms in total. The van der Waals surface area contributed by atoms with Crippen LogP contribution in [0.2, 0.25) is 0 Å². The first kappa shape index (κ1) is 42.4. The quantitative estimate of drug-likeness (QED) is 0.0401. The van der Waals surface area contributed by atoms with Crippen molar-refractivity contribution in [1.29, 1.82) is 0 Å². The first-order chi connectivity index (χ1) is 28.3. The number of hydrogen-bond donors (Lipinski definition) is 6. The highest BCUT2D eigenvalue weighted by Gasteiger charge is 2.49. The lowest BCUT2D eigenvalue weighted by Gasteiger charge is -2.41. The van der Waals surface area contributed by atoms with E-state index >= 15 is 0 Å². The van der Waals surface area contributed by atoms with Crippen molar-refractivity contribution in [1.82, 2.24) is 0 Å². The Morgan fingerprint density at radius 2 is 1.31 bits per heavy atom. The maximum Gasteiger partial charge on any atom is 0.306 e. The number of aliphatic hydroxyl groups excluding tert-OH is 2. The highest BCUT2D eigenvalue weighted by atomic mass is 19.1. The molecule has 0 aliphatic carbocycles. The number of carbonyl (C=O) groups excluding carboxylic acids is 2. The summed E-state index contributed by atoms with van der Waals surface area (Å²) in [6, 6.07) is 17.1. The predicted octanol–water partition coefficient (Wildman–Crippen LogP) is 5.67. The molecule has 16 heteroatoms. The highest BCUT2D eigenvalue weighted by Crippen LogP contribution is 2.39. The fourth-order valence-corrected chi connectivity index (χ4v) is 6.57. The van der Waals surface area contributed by atoms with Gasteiger partial charge in [0.15, 0.2) is 23.4 Å². The van der Waals surface area contributed by atoms with E-state index in [1.54, 1.807) is 24.3 Å². The number of aliphatic hydroxyl groups is 2. The number of hydrogen-bond acceptors (Lipinski definition) is 14. The molecular formula is C43H42F2O14. The lowest BCUT2D eigenvalue weighted by molar-refractivity contribution is -0.283. The van der Waals surface area contributed by atoms with Gasteiger partial charge in [0.2, 0.25) is 17.5 Å². The molecule has 0 amide bonds. The second-order valence-corrected chi connectivity index (χ2v) is 14.1. The van der Waals surface area contributed by atoms with Gasteiger partial charge >= 0.3 is 11.9 Å². The van der Waals surface area contributed by atoms with Crippen LogP contribution in [0.4, 0.5) is 8.78 Å². The maximum atomic E-state index is 14.1. The van der Waals surface area contributed by atoms with Crippen molar-refractivity contribution in [3.05, 3.63) is 112 Å². The molecule has 0 saturated carbocycles. The number of phenols is 4. The van der Waals surface area contributed by atoms with Crippen molar-refractivity contribution in [2.24, 2.45) is 0 Å². The predicted molar refractivity (Wildman–Crippen MR) is 205 cm³/mol. The summed E-state index contributed by atoms with van der Waals surface area (Å²) in [6.45, 7) is -0.607. The zero-order valence-corrected chi connectivity index (χ0v) is 31.5. The first-order valence-corrected chi connectivity index (χ1v) is 18.8. The average Bonchev–Trinajstić information content (AvgIpc) is 3.20. The summed E-state index contributed by atoms with van der Waals surface area (Å²) in [5.41, 5.74) is 0.335. The Kier molecular flexibility index (Phi) is 13.7. The van der Waals surface area contributed by atoms with Crippen molar-refractivity contribution in [2.45, 2.75) is 82.1 Å². The Morgan fingerprint density at radius 3 is 1.92 bits per heavy atom. The number of ether oxygens (including phenoxy) is 4. The van der Waals surface area contributed by atoms with Crippen LogP contribution in [0.15, 0.2) is 88.1 Å². The number of halogens is 2. The minimum Gasteiger partial charge on any atom is -0.508 e. The number of benzene rings is 4. The Bertz CT molecular complexity index is 2310. The molecule has 1 fully saturated rings. The number of esters is 2. The number of unbranched alkanes of at least 4 members (excludes halogenated alkanes) is 2. The van der Waals surface area contributed by atoms with E-state index in [0.717, 1.165) is 35.4 Å². The van der Waals surface area contributed by atoms with Gasteiger partial charge in [0.05, 0.1) is 0 Å². The van der Waals surface area contributed by atoms with Crippen molar-refractivity contribution in [3.63, 3.8) is 0 Å². The van der Waals surface area contributed by atoms with Crippen molar-refractivity contribution >= 4 is 22.9 Å². The van der Waals surface area contributed by atoms with Crippen LogP contribution in [0.1, 0.15) is 49.7 Å². The summed E-state index contributed by atoms with van der Waals surface area (Å²) >= 11 is 0. The van der Waals surface area contributed by atoms with Gasteiger partial charge in [-0.1, -0.05) is 24.3 Å². The monoisotopic (exact) mass is 820 g/mol. The summed E-state index contributed by atoms with van der Waals surface area (Å²) in [5, 5.41) is 63.0. The minimum atomic E-state index is -1.93. The highest BCUT2D eigenvalue weighted by molar-refractivity contribution is 5.88. The second kappa shape index (κ2) is 19.0. The standard InChI is InChI=1S/C43H42F2O14/c44-26-14-9-23(10-15-26)5-1-3-7-34(50)55-22-33-37(52)39(54)42(58-35(51)8-4-2-6-24-11-16-27(45)17-12-24)43(57-33)59-41-38(53)36-31(49)20-28(46)21-32(36)56-40(41)25-13-18-29(47)30(48)19-25/h9-21,33,37,39,42-43,46-49,52,54H,1-8,22H2/t33-,37+,39+,42-,43+/m1/s1. The minimum absolute atomic E-state index is 0.0199. The molecule has 4 aromatic carbocycles. The van der Waals surface area contributed by atoms with Crippen LogP contribution in [-0.2, 0) is 36.6 Å². The van der Waals surface area contributed by atoms with E-state index in [1.165, 1.54) is 30.3 Å². The molecule has 1 aliphatic heterocycles. The molecule has 6 N–H and O–H groups in total. The van der Waals surface area contributed by atoms with Crippen LogP contribution in [-0.4, -0.2) is 79.9 Å². The summed E-state index contributed by atoms with van der Waals surface area (Å²) in [6.07, 6.45) is -6.21. The lowest BCUT2D eigenvalue weighted by atomic mass is 9.98. The van der Waals surface area contributed by atoms with E-state index in [2.05, 4.69) is 0 Å². The van der Waals surface area contributed by atoms with E-state index in [-0.39, 0.29) is 35.6 Å². The zero-order valence-electron chi connectivity index (χ0n) is 31.5. The molecule has 1 aliphatic rings. The van der Waals surface area contributed by atoms with E-state index < -0.39 is 94.6 Å². The molecule has 1 saturated heterocycles. The third kappa shape index (κ3) is 10.6. The van der Waals surface area contributed by atoms with Gasteiger partial charge in [0, 0.05) is 30.5 Å². The van der Waals surface area contributed by atoms with E-state index in [9.17, 15) is 53.8 Å². The van der Waals surface area contributed by atoms with Gasteiger partial charge in [-0.05, 0) is 92.1 Å². The van der Waals surface area contributed by atoms with Crippen LogP contribution < -0.4 is 10.2 Å². The summed E-state index contributed by atoms with van der Waals surface area (Å²) in [5.74, 6) is -5.67. The van der Waals surface area contributed by atoms with Gasteiger partial charge in [0.1, 0.15) is 59.0 Å². The number of aromatic hydroxyl groups is 4. The number of fused-ring (bicyclic) bond motifs is 1. The van der Waals surface area contributed by atoms with Gasteiger partial charge in [-0.3, -0.25) is 14.4 Å². The number of rotatable bonds is 16. The van der Waals surface area contributed by atoms with Crippen LogP contribution >= 0.6 is 0 Å². The van der Waals surface area contributed by atoms with E-state index in [1.807, 2.05) is 0 Å². The SMILES string of the molecule is O=C(CCCCc1ccc(F)cc1)OC[C@H]1O[C@@H](Oc2c(-c3ccc(O)c(O)c3)oc3cc(O)cc(O)c3c2=O)[C@H](OC(=O)CCCCc2ccc(F)cc2)[C@@H](O)[C@H]1O. The Morgan fingerprint density at radius 1 is 0.695 bits per heavy atom. The maximum absolute atomic E-state index is 14.1. The molecule has 6 rings (SSSR count). The van der Waals surface area contributed by atoms with Gasteiger partial charge in [-0.25, -0.2) is 8.78 Å². The Hall–Kier alpha value is -6.23. The molecule has 0 unspecified atom stereocenters. The molecule has 0 spiro atoms. The second-order valence-electron chi connectivity index (χ2n) is 14.1. The third-order valence-corrected chi connectivity index (χ3v) is 9.73. The molecule has 1 aromatic heterocycles. The van der Waals surface area contributed by atoms with Crippen LogP contribution in [0.5, 0.6) is 28.7 Å². The fraction of sp³-hybridized carbons (Fsp3) is 0.326. The van der Waals surface area contributed by atoms with Crippen molar-refractivity contribution < 1.29 is 72.4 Å². The smallest absolute Gasteiger partial charge is 0.306 e. The Balaban J connectivity index is 1.23.